The van der Waals surface area contributed by atoms with Gasteiger partial charge in [0.05, 0.1) is 17.8 Å². The normalized spacial score (nSPS) is 10.9. The molecule has 0 saturated heterocycles. The summed E-state index contributed by atoms with van der Waals surface area (Å²) in [4.78, 5) is 12.8. The summed E-state index contributed by atoms with van der Waals surface area (Å²) < 4.78 is 11.5. The Morgan fingerprint density at radius 1 is 0.913 bits per heavy atom. The van der Waals surface area contributed by atoms with Crippen LogP contribution in [0, 0.1) is 0 Å². The average molecular weight is 313 g/mol. The van der Waals surface area contributed by atoms with Crippen LogP contribution in [0.2, 0.25) is 0 Å². The Balaban J connectivity index is 2.42. The largest absolute Gasteiger partial charge is 0.491 e. The van der Waals surface area contributed by atoms with E-state index in [9.17, 15) is 4.79 Å². The fraction of sp³-hybridized carbons (Fsp3) is 0.316. The number of benzene rings is 2. The number of nitrogen functional groups attached to an aromatic ring is 1. The first-order valence-corrected chi connectivity index (χ1v) is 7.74. The smallest absolute Gasteiger partial charge is 0.196 e. The Kier molecular flexibility index (Phi) is 5.27. The van der Waals surface area contributed by atoms with Gasteiger partial charge in [-0.25, -0.2) is 0 Å². The molecular formula is C19H23NO3. The summed E-state index contributed by atoms with van der Waals surface area (Å²) in [6.45, 7) is 7.74. The van der Waals surface area contributed by atoms with Gasteiger partial charge in [-0.15, -0.1) is 0 Å². The second-order valence-corrected chi connectivity index (χ2v) is 5.94. The summed E-state index contributed by atoms with van der Waals surface area (Å²) >= 11 is 0. The second kappa shape index (κ2) is 7.18. The first-order chi connectivity index (χ1) is 10.9. The lowest BCUT2D eigenvalue weighted by molar-refractivity contribution is 0.103. The highest BCUT2D eigenvalue weighted by Crippen LogP contribution is 2.28. The molecule has 2 rings (SSSR count). The predicted octanol–water partition coefficient (Wildman–Crippen LogP) is 4.07. The predicted molar refractivity (Wildman–Crippen MR) is 92.3 cm³/mol. The molecule has 0 amide bonds. The van der Waals surface area contributed by atoms with Crippen LogP contribution in [0.25, 0.3) is 0 Å². The van der Waals surface area contributed by atoms with E-state index in [0.717, 1.165) is 0 Å². The molecule has 0 aliphatic heterocycles. The van der Waals surface area contributed by atoms with Gasteiger partial charge in [0.25, 0.3) is 0 Å². The molecule has 0 heterocycles. The minimum absolute atomic E-state index is 0.0233. The molecule has 0 bridgehead atoms. The van der Waals surface area contributed by atoms with Gasteiger partial charge in [0, 0.05) is 11.3 Å². The van der Waals surface area contributed by atoms with Gasteiger partial charge in [0.1, 0.15) is 11.5 Å². The van der Waals surface area contributed by atoms with Crippen molar-refractivity contribution < 1.29 is 14.3 Å². The molecule has 0 unspecified atom stereocenters. The zero-order valence-corrected chi connectivity index (χ0v) is 14.0. The van der Waals surface area contributed by atoms with Crippen LogP contribution in [0.3, 0.4) is 0 Å². The fourth-order valence-corrected chi connectivity index (χ4v) is 2.18. The molecule has 0 saturated carbocycles. The van der Waals surface area contributed by atoms with Gasteiger partial charge >= 0.3 is 0 Å². The van der Waals surface area contributed by atoms with E-state index in [1.807, 2.05) is 33.8 Å². The molecular weight excluding hydrogens is 290 g/mol. The second-order valence-electron chi connectivity index (χ2n) is 5.94. The molecule has 23 heavy (non-hydrogen) atoms. The third kappa shape index (κ3) is 4.49. The molecule has 2 N–H and O–H groups in total. The van der Waals surface area contributed by atoms with Gasteiger partial charge in [0.15, 0.2) is 5.78 Å². The van der Waals surface area contributed by atoms with E-state index in [2.05, 4.69) is 0 Å². The highest BCUT2D eigenvalue weighted by Gasteiger charge is 2.17. The average Bonchev–Trinajstić information content (AvgIpc) is 2.48. The molecule has 0 atom stereocenters. The van der Waals surface area contributed by atoms with Crippen LogP contribution >= 0.6 is 0 Å². The Labute approximate surface area is 137 Å². The number of ketones is 1. The molecule has 122 valence electrons. The molecule has 2 aromatic rings. The maximum absolute atomic E-state index is 12.8. The van der Waals surface area contributed by atoms with Crippen molar-refractivity contribution in [3.63, 3.8) is 0 Å². The number of carbonyl (C=O) groups excluding carboxylic acids is 1. The van der Waals surface area contributed by atoms with Gasteiger partial charge in [-0.2, -0.15) is 0 Å². The Bertz CT molecular complexity index is 676. The van der Waals surface area contributed by atoms with Crippen LogP contribution in [0.4, 0.5) is 5.69 Å². The van der Waals surface area contributed by atoms with Gasteiger partial charge in [-0.1, -0.05) is 0 Å². The highest BCUT2D eigenvalue weighted by atomic mass is 16.5. The SMILES string of the molecule is CC(C)Oc1ccc(OC(C)C)c(C(=O)c2ccc(N)cc2)c1. The third-order valence-electron chi connectivity index (χ3n) is 3.10. The number of ether oxygens (including phenoxy) is 2. The van der Waals surface area contributed by atoms with Gasteiger partial charge in [-0.05, 0) is 70.2 Å². The standard InChI is InChI=1S/C19H23NO3/c1-12(2)22-16-9-10-18(23-13(3)4)17(11-16)19(21)14-5-7-15(20)8-6-14/h5-13H,20H2,1-4H3. The van der Waals surface area contributed by atoms with Crippen molar-refractivity contribution in [1.82, 2.24) is 0 Å². The molecule has 0 aliphatic rings. The van der Waals surface area contributed by atoms with Crippen LogP contribution in [0.5, 0.6) is 11.5 Å². The number of hydrogen-bond acceptors (Lipinski definition) is 4. The molecule has 0 aromatic heterocycles. The van der Waals surface area contributed by atoms with Crippen LogP contribution < -0.4 is 15.2 Å². The summed E-state index contributed by atoms with van der Waals surface area (Å²) in [6, 6.07) is 12.2. The minimum atomic E-state index is -0.116. The molecule has 0 fully saturated rings. The van der Waals surface area contributed by atoms with Crippen molar-refractivity contribution in [3.05, 3.63) is 53.6 Å². The van der Waals surface area contributed by atoms with Gasteiger partial charge < -0.3 is 15.2 Å². The zero-order valence-electron chi connectivity index (χ0n) is 14.0. The summed E-state index contributed by atoms with van der Waals surface area (Å²) in [7, 11) is 0. The first kappa shape index (κ1) is 16.9. The summed E-state index contributed by atoms with van der Waals surface area (Å²) in [5.41, 5.74) is 7.36. The number of anilines is 1. The van der Waals surface area contributed by atoms with E-state index >= 15 is 0 Å². The van der Waals surface area contributed by atoms with Crippen molar-refractivity contribution in [2.24, 2.45) is 0 Å². The van der Waals surface area contributed by atoms with E-state index in [-0.39, 0.29) is 18.0 Å². The summed E-state index contributed by atoms with van der Waals surface area (Å²) in [5.74, 6) is 1.09. The van der Waals surface area contributed by atoms with Gasteiger partial charge in [-0.3, -0.25) is 4.79 Å². The quantitative estimate of drug-likeness (QED) is 0.645. The van der Waals surface area contributed by atoms with E-state index in [1.54, 1.807) is 36.4 Å². The molecule has 4 heteroatoms. The molecule has 0 spiro atoms. The van der Waals surface area contributed by atoms with Crippen molar-refractivity contribution >= 4 is 11.5 Å². The Morgan fingerprint density at radius 3 is 2.09 bits per heavy atom. The fourth-order valence-electron chi connectivity index (χ4n) is 2.18. The number of nitrogens with two attached hydrogens (primary N) is 1. The van der Waals surface area contributed by atoms with Crippen LogP contribution in [-0.4, -0.2) is 18.0 Å². The van der Waals surface area contributed by atoms with Crippen molar-refractivity contribution in [3.8, 4) is 11.5 Å². The lowest BCUT2D eigenvalue weighted by Crippen LogP contribution is -2.12. The maximum Gasteiger partial charge on any atom is 0.196 e. The Morgan fingerprint density at radius 2 is 1.52 bits per heavy atom. The Hall–Kier alpha value is -2.49. The van der Waals surface area contributed by atoms with E-state index in [0.29, 0.717) is 28.3 Å². The molecule has 2 aromatic carbocycles. The van der Waals surface area contributed by atoms with Crippen LogP contribution in [0.1, 0.15) is 43.6 Å². The number of carbonyl (C=O) groups is 1. The lowest BCUT2D eigenvalue weighted by Gasteiger charge is -2.16. The zero-order chi connectivity index (χ0) is 17.0. The summed E-state index contributed by atoms with van der Waals surface area (Å²) in [5, 5.41) is 0. The topological polar surface area (TPSA) is 61.5 Å². The maximum atomic E-state index is 12.8. The highest BCUT2D eigenvalue weighted by molar-refractivity contribution is 6.11. The molecule has 4 nitrogen and oxygen atoms in total. The first-order valence-electron chi connectivity index (χ1n) is 7.74. The van der Waals surface area contributed by atoms with Gasteiger partial charge in [0.2, 0.25) is 0 Å². The van der Waals surface area contributed by atoms with E-state index in [1.165, 1.54) is 0 Å². The van der Waals surface area contributed by atoms with Crippen molar-refractivity contribution in [1.29, 1.82) is 0 Å². The monoisotopic (exact) mass is 313 g/mol. The van der Waals surface area contributed by atoms with E-state index in [4.69, 9.17) is 15.2 Å². The van der Waals surface area contributed by atoms with Crippen LogP contribution in [0.15, 0.2) is 42.5 Å². The number of hydrogen-bond donors (Lipinski definition) is 1. The lowest BCUT2D eigenvalue weighted by atomic mass is 10.0. The molecule has 0 aliphatic carbocycles. The minimum Gasteiger partial charge on any atom is -0.491 e. The van der Waals surface area contributed by atoms with Crippen molar-refractivity contribution in [2.45, 2.75) is 39.9 Å². The molecule has 0 radical (unpaired) electrons. The number of rotatable bonds is 6. The van der Waals surface area contributed by atoms with E-state index < -0.39 is 0 Å². The summed E-state index contributed by atoms with van der Waals surface area (Å²) in [6.07, 6.45) is 0.0103. The van der Waals surface area contributed by atoms with Crippen molar-refractivity contribution in [2.75, 3.05) is 5.73 Å². The third-order valence-corrected chi connectivity index (χ3v) is 3.10. The van der Waals surface area contributed by atoms with Crippen LogP contribution in [-0.2, 0) is 0 Å².